The van der Waals surface area contributed by atoms with E-state index in [1.165, 1.54) is 32.0 Å². The molecule has 0 unspecified atom stereocenters. The Morgan fingerprint density at radius 1 is 0.833 bits per heavy atom. The highest BCUT2D eigenvalue weighted by atomic mass is 14.8. The number of rotatable bonds is 0. The number of nitrogens with zero attached hydrogens (tertiary/aromatic N) is 2. The molecule has 0 spiro atoms. The van der Waals surface area contributed by atoms with Crippen molar-refractivity contribution in [1.82, 2.24) is 9.97 Å². The molecule has 0 amide bonds. The second kappa shape index (κ2) is 6.53. The molecule has 0 N–H and O–H groups in total. The Morgan fingerprint density at radius 3 is 1.58 bits per heavy atom. The smallest absolute Gasteiger partial charge is 0.115 e. The quantitative estimate of drug-likeness (QED) is 0.548. The summed E-state index contributed by atoms with van der Waals surface area (Å²) in [6.07, 6.45) is 14.9. The van der Waals surface area contributed by atoms with Gasteiger partial charge in [-0.2, -0.15) is 0 Å². The van der Waals surface area contributed by atoms with Crippen LogP contribution >= 0.6 is 0 Å². The summed E-state index contributed by atoms with van der Waals surface area (Å²) in [5, 5.41) is 0. The Balaban J connectivity index is 0.000000120. The lowest BCUT2D eigenvalue weighted by Gasteiger charge is -1.97. The van der Waals surface area contributed by atoms with Crippen molar-refractivity contribution in [3.8, 4) is 0 Å². The van der Waals surface area contributed by atoms with Gasteiger partial charge in [-0.1, -0.05) is 12.2 Å². The topological polar surface area (TPSA) is 25.8 Å². The van der Waals surface area contributed by atoms with Crippen molar-refractivity contribution < 1.29 is 0 Å². The summed E-state index contributed by atoms with van der Waals surface area (Å²) in [6, 6.07) is 1.78. The van der Waals surface area contributed by atoms with E-state index >= 15 is 0 Å². The first kappa shape index (κ1) is 8.91. The SMILES string of the molecule is C1=CCCCC1.c1cncnc1. The first-order chi connectivity index (χ1) is 6.00. The average molecular weight is 162 g/mol. The van der Waals surface area contributed by atoms with Crippen LogP contribution in [-0.2, 0) is 0 Å². The molecular formula is C10H14N2. The van der Waals surface area contributed by atoms with Crippen LogP contribution in [0.15, 0.2) is 36.9 Å². The number of hydrogen-bond donors (Lipinski definition) is 0. The van der Waals surface area contributed by atoms with Crippen LogP contribution in [-0.4, -0.2) is 9.97 Å². The summed E-state index contributed by atoms with van der Waals surface area (Å²) in [6.45, 7) is 0. The third-order valence-corrected chi connectivity index (χ3v) is 1.64. The van der Waals surface area contributed by atoms with E-state index in [-0.39, 0.29) is 0 Å². The molecule has 0 saturated carbocycles. The standard InChI is InChI=1S/C6H10.C4H4N2/c1-2-4-6-5-3-1;1-2-5-4-6-3-1/h1-2H,3-6H2;1-4H. The van der Waals surface area contributed by atoms with Crippen LogP contribution < -0.4 is 0 Å². The van der Waals surface area contributed by atoms with Gasteiger partial charge in [-0.25, -0.2) is 9.97 Å². The van der Waals surface area contributed by atoms with Gasteiger partial charge in [0.1, 0.15) is 6.33 Å². The van der Waals surface area contributed by atoms with Crippen molar-refractivity contribution in [1.29, 1.82) is 0 Å². The van der Waals surface area contributed by atoms with Crippen molar-refractivity contribution >= 4 is 0 Å². The predicted octanol–water partition coefficient (Wildman–Crippen LogP) is 2.59. The summed E-state index contributed by atoms with van der Waals surface area (Å²) in [4.78, 5) is 7.35. The molecule has 0 radical (unpaired) electrons. The maximum absolute atomic E-state index is 3.67. The third-order valence-electron chi connectivity index (χ3n) is 1.64. The van der Waals surface area contributed by atoms with Gasteiger partial charge >= 0.3 is 0 Å². The Bertz CT molecular complexity index is 172. The molecule has 0 atom stereocenters. The Kier molecular flexibility index (Phi) is 4.85. The molecular weight excluding hydrogens is 148 g/mol. The molecule has 0 aliphatic heterocycles. The van der Waals surface area contributed by atoms with Crippen molar-refractivity contribution in [2.45, 2.75) is 25.7 Å². The Morgan fingerprint density at radius 2 is 1.42 bits per heavy atom. The van der Waals surface area contributed by atoms with Gasteiger partial charge in [-0.05, 0) is 31.7 Å². The monoisotopic (exact) mass is 162 g/mol. The molecule has 0 saturated heterocycles. The van der Waals surface area contributed by atoms with E-state index < -0.39 is 0 Å². The molecule has 1 aromatic heterocycles. The van der Waals surface area contributed by atoms with E-state index in [0.717, 1.165) is 0 Å². The van der Waals surface area contributed by atoms with E-state index in [4.69, 9.17) is 0 Å². The van der Waals surface area contributed by atoms with Gasteiger partial charge in [-0.3, -0.25) is 0 Å². The van der Waals surface area contributed by atoms with Crippen LogP contribution in [0.1, 0.15) is 25.7 Å². The van der Waals surface area contributed by atoms with Gasteiger partial charge in [0.25, 0.3) is 0 Å². The molecule has 0 aromatic carbocycles. The molecule has 2 rings (SSSR count). The van der Waals surface area contributed by atoms with Crippen LogP contribution in [0, 0.1) is 0 Å². The van der Waals surface area contributed by atoms with Crippen LogP contribution in [0.3, 0.4) is 0 Å². The molecule has 1 aliphatic rings. The van der Waals surface area contributed by atoms with Gasteiger partial charge in [0.15, 0.2) is 0 Å². The lowest BCUT2D eigenvalue weighted by Crippen LogP contribution is -1.77. The van der Waals surface area contributed by atoms with Crippen LogP contribution in [0.5, 0.6) is 0 Å². The zero-order valence-corrected chi connectivity index (χ0v) is 7.19. The summed E-state index contributed by atoms with van der Waals surface area (Å²) in [5.41, 5.74) is 0. The molecule has 1 aromatic rings. The summed E-state index contributed by atoms with van der Waals surface area (Å²) >= 11 is 0. The number of aromatic nitrogens is 2. The van der Waals surface area contributed by atoms with Crippen LogP contribution in [0.4, 0.5) is 0 Å². The lowest BCUT2D eigenvalue weighted by atomic mass is 10.1. The van der Waals surface area contributed by atoms with E-state index in [0.29, 0.717) is 0 Å². The fourth-order valence-corrected chi connectivity index (χ4v) is 1.01. The molecule has 12 heavy (non-hydrogen) atoms. The molecule has 1 aliphatic carbocycles. The van der Waals surface area contributed by atoms with Crippen LogP contribution in [0.25, 0.3) is 0 Å². The van der Waals surface area contributed by atoms with Gasteiger partial charge < -0.3 is 0 Å². The van der Waals surface area contributed by atoms with E-state index in [2.05, 4.69) is 22.1 Å². The highest BCUT2D eigenvalue weighted by Crippen LogP contribution is 2.07. The van der Waals surface area contributed by atoms with Crippen molar-refractivity contribution in [2.75, 3.05) is 0 Å². The summed E-state index contributed by atoms with van der Waals surface area (Å²) in [7, 11) is 0. The maximum Gasteiger partial charge on any atom is 0.115 e. The molecule has 64 valence electrons. The highest BCUT2D eigenvalue weighted by Gasteiger charge is 1.87. The molecule has 1 heterocycles. The number of allylic oxidation sites excluding steroid dienone is 2. The highest BCUT2D eigenvalue weighted by molar-refractivity contribution is 4.85. The minimum absolute atomic E-state index is 1.32. The van der Waals surface area contributed by atoms with E-state index in [1.807, 2.05) is 0 Å². The maximum atomic E-state index is 3.67. The summed E-state index contributed by atoms with van der Waals surface area (Å²) < 4.78 is 0. The van der Waals surface area contributed by atoms with E-state index in [9.17, 15) is 0 Å². The van der Waals surface area contributed by atoms with Crippen LogP contribution in [0.2, 0.25) is 0 Å². The predicted molar refractivity (Wildman–Crippen MR) is 49.6 cm³/mol. The van der Waals surface area contributed by atoms with Gasteiger partial charge in [0.05, 0.1) is 0 Å². The van der Waals surface area contributed by atoms with Gasteiger partial charge in [0.2, 0.25) is 0 Å². The third kappa shape index (κ3) is 4.61. The van der Waals surface area contributed by atoms with Crippen molar-refractivity contribution in [3.63, 3.8) is 0 Å². The first-order valence-corrected chi connectivity index (χ1v) is 4.35. The fourth-order valence-electron chi connectivity index (χ4n) is 1.01. The second-order valence-corrected chi connectivity index (χ2v) is 2.66. The Labute approximate surface area is 73.4 Å². The molecule has 2 heteroatoms. The minimum atomic E-state index is 1.32. The average Bonchev–Trinajstić information content (AvgIpc) is 2.24. The van der Waals surface area contributed by atoms with Crippen molar-refractivity contribution in [3.05, 3.63) is 36.9 Å². The largest absolute Gasteiger partial charge is 0.245 e. The van der Waals surface area contributed by atoms with Gasteiger partial charge in [-0.15, -0.1) is 0 Å². The minimum Gasteiger partial charge on any atom is -0.245 e. The summed E-state index contributed by atoms with van der Waals surface area (Å²) in [5.74, 6) is 0. The Hall–Kier alpha value is -1.18. The van der Waals surface area contributed by atoms with E-state index in [1.54, 1.807) is 18.5 Å². The molecule has 0 fully saturated rings. The van der Waals surface area contributed by atoms with Gasteiger partial charge in [0, 0.05) is 12.4 Å². The first-order valence-electron chi connectivity index (χ1n) is 4.35. The molecule has 0 bridgehead atoms. The number of hydrogen-bond acceptors (Lipinski definition) is 2. The normalized spacial score (nSPS) is 14.7. The zero-order chi connectivity index (χ0) is 8.49. The molecule has 2 nitrogen and oxygen atoms in total. The fraction of sp³-hybridized carbons (Fsp3) is 0.400. The second-order valence-electron chi connectivity index (χ2n) is 2.66. The van der Waals surface area contributed by atoms with Crippen molar-refractivity contribution in [2.24, 2.45) is 0 Å². The zero-order valence-electron chi connectivity index (χ0n) is 7.19. The lowest BCUT2D eigenvalue weighted by molar-refractivity contribution is 0.730.